The normalized spacial score (nSPS) is 12.8. The summed E-state index contributed by atoms with van der Waals surface area (Å²) in [6, 6.07) is 2.89. The van der Waals surface area contributed by atoms with Crippen LogP contribution in [0.2, 0.25) is 0 Å². The van der Waals surface area contributed by atoms with Crippen molar-refractivity contribution < 1.29 is 0 Å². The summed E-state index contributed by atoms with van der Waals surface area (Å²) in [6.45, 7) is 13.3. The van der Waals surface area contributed by atoms with Crippen molar-refractivity contribution in [1.29, 1.82) is 10.5 Å². The minimum atomic E-state index is -1.00. The van der Waals surface area contributed by atoms with Crippen LogP contribution in [0, 0.1) is 35.8 Å². The molecule has 0 atom stereocenters. The largest absolute Gasteiger partial charge is 0.286 e. The molecule has 0 spiro atoms. The third kappa shape index (κ3) is 1.24. The van der Waals surface area contributed by atoms with Crippen LogP contribution in [0.15, 0.2) is 9.59 Å². The molecular formula is C10N4O2. The van der Waals surface area contributed by atoms with Crippen molar-refractivity contribution >= 4 is 11.4 Å². The number of nitrogens with zero attached hydrogens (tertiary/aromatic N) is 4. The maximum Gasteiger partial charge on any atom is 0.272 e. The van der Waals surface area contributed by atoms with E-state index in [0.29, 0.717) is 0 Å². The SMILES string of the molecule is [C-]#[N+]/C(C#N)=c1\c(=O)c(=O)\c1=C(/C#N)[N+]#[C-]. The molecule has 0 aliphatic rings. The molecule has 1 aromatic carbocycles. The summed E-state index contributed by atoms with van der Waals surface area (Å²) in [5.41, 5.74) is -3.15. The van der Waals surface area contributed by atoms with E-state index in [1.165, 1.54) is 12.1 Å². The number of rotatable bonds is 0. The molecule has 0 aliphatic carbocycles. The fourth-order valence-electron chi connectivity index (χ4n) is 1.12. The average Bonchev–Trinajstić information content (AvgIpc) is 2.33. The Labute approximate surface area is 88.5 Å². The molecule has 6 nitrogen and oxygen atoms in total. The van der Waals surface area contributed by atoms with E-state index in [0.717, 1.165) is 0 Å². The Morgan fingerprint density at radius 2 is 1.25 bits per heavy atom. The van der Waals surface area contributed by atoms with Crippen LogP contribution in [0.5, 0.6) is 0 Å². The highest BCUT2D eigenvalue weighted by molar-refractivity contribution is 5.72. The molecule has 16 heavy (non-hydrogen) atoms. The fraction of sp³-hybridized carbons (Fsp3) is 0. The summed E-state index contributed by atoms with van der Waals surface area (Å²) in [6.07, 6.45) is 0. The third-order valence-corrected chi connectivity index (χ3v) is 1.82. The van der Waals surface area contributed by atoms with Gasteiger partial charge in [0.05, 0.1) is 25.3 Å². The first-order valence-electron chi connectivity index (χ1n) is 3.75. The van der Waals surface area contributed by atoms with E-state index in [4.69, 9.17) is 23.7 Å². The van der Waals surface area contributed by atoms with E-state index in [1.54, 1.807) is 0 Å². The molecule has 0 fully saturated rings. The van der Waals surface area contributed by atoms with Crippen LogP contribution in [-0.4, -0.2) is 0 Å². The lowest BCUT2D eigenvalue weighted by Gasteiger charge is -1.92. The highest BCUT2D eigenvalue weighted by atomic mass is 16.2. The van der Waals surface area contributed by atoms with Crippen LogP contribution >= 0.6 is 0 Å². The van der Waals surface area contributed by atoms with Gasteiger partial charge >= 0.3 is 0 Å². The zero-order valence-corrected chi connectivity index (χ0v) is 7.61. The first-order chi connectivity index (χ1) is 7.62. The summed E-state index contributed by atoms with van der Waals surface area (Å²) < 4.78 is 0. The third-order valence-electron chi connectivity index (χ3n) is 1.82. The Hall–Kier alpha value is -3.22. The lowest BCUT2D eigenvalue weighted by molar-refractivity contribution is 1.25. The van der Waals surface area contributed by atoms with Crippen molar-refractivity contribution in [3.8, 4) is 12.1 Å². The second-order valence-electron chi connectivity index (χ2n) is 2.55. The van der Waals surface area contributed by atoms with Crippen molar-refractivity contribution in [2.45, 2.75) is 0 Å². The van der Waals surface area contributed by atoms with Gasteiger partial charge in [0.2, 0.25) is 10.9 Å². The molecule has 0 heterocycles. The lowest BCUT2D eigenvalue weighted by atomic mass is 10.1. The predicted molar refractivity (Wildman–Crippen MR) is 51.8 cm³/mol. The Kier molecular flexibility index (Phi) is 2.63. The second-order valence-corrected chi connectivity index (χ2v) is 2.55. The van der Waals surface area contributed by atoms with Crippen molar-refractivity contribution in [3.05, 3.63) is 53.7 Å². The van der Waals surface area contributed by atoms with Crippen LogP contribution < -0.4 is 21.3 Å². The van der Waals surface area contributed by atoms with Gasteiger partial charge in [-0.3, -0.25) is 9.59 Å². The quantitative estimate of drug-likeness (QED) is 0.378. The minimum absolute atomic E-state index is 0.421. The smallest absolute Gasteiger partial charge is 0.272 e. The molecular weight excluding hydrogens is 208 g/mol. The molecule has 0 aliphatic heterocycles. The van der Waals surface area contributed by atoms with E-state index in [1.807, 2.05) is 0 Å². The van der Waals surface area contributed by atoms with Crippen molar-refractivity contribution in [2.75, 3.05) is 0 Å². The number of hydrogen-bond acceptors (Lipinski definition) is 4. The van der Waals surface area contributed by atoms with Gasteiger partial charge in [-0.05, 0) is 0 Å². The highest BCUT2D eigenvalue weighted by Gasteiger charge is 2.16. The lowest BCUT2D eigenvalue weighted by Crippen LogP contribution is -2.65. The van der Waals surface area contributed by atoms with Gasteiger partial charge < -0.3 is 0 Å². The molecule has 0 saturated carbocycles. The zero-order valence-electron chi connectivity index (χ0n) is 7.61. The van der Waals surface area contributed by atoms with Crippen molar-refractivity contribution in [3.63, 3.8) is 0 Å². The van der Waals surface area contributed by atoms with Gasteiger partial charge in [-0.25, -0.2) is 20.2 Å². The maximum atomic E-state index is 11.1. The molecule has 1 rings (SSSR count). The fourth-order valence-corrected chi connectivity index (χ4v) is 1.12. The first-order valence-corrected chi connectivity index (χ1v) is 3.75. The summed E-state index contributed by atoms with van der Waals surface area (Å²) in [5, 5.41) is 16.2. The second kappa shape index (κ2) is 3.88. The summed E-state index contributed by atoms with van der Waals surface area (Å²) in [7, 11) is 0. The van der Waals surface area contributed by atoms with Gasteiger partial charge in [-0.2, -0.15) is 0 Å². The van der Waals surface area contributed by atoms with Crippen LogP contribution in [0.3, 0.4) is 0 Å². The van der Waals surface area contributed by atoms with Crippen molar-refractivity contribution in [2.24, 2.45) is 0 Å². The summed E-state index contributed by atoms with van der Waals surface area (Å²) >= 11 is 0. The monoisotopic (exact) mass is 208 g/mol. The molecule has 0 unspecified atom stereocenters. The van der Waals surface area contributed by atoms with Gasteiger partial charge in [0.1, 0.15) is 0 Å². The van der Waals surface area contributed by atoms with E-state index in [-0.39, 0.29) is 0 Å². The van der Waals surface area contributed by atoms with Crippen LogP contribution in [-0.2, 0) is 0 Å². The molecule has 0 aromatic heterocycles. The Morgan fingerprint density at radius 1 is 0.938 bits per heavy atom. The molecule has 0 radical (unpaired) electrons. The summed E-state index contributed by atoms with van der Waals surface area (Å²) in [4.78, 5) is 27.8. The van der Waals surface area contributed by atoms with Gasteiger partial charge in [0, 0.05) is 10.4 Å². The Morgan fingerprint density at radius 3 is 1.44 bits per heavy atom. The van der Waals surface area contributed by atoms with Crippen LogP contribution in [0.25, 0.3) is 21.1 Å². The number of hydrogen-bond donors (Lipinski definition) is 0. The van der Waals surface area contributed by atoms with E-state index >= 15 is 0 Å². The molecule has 6 heteroatoms. The average molecular weight is 208 g/mol. The highest BCUT2D eigenvalue weighted by Crippen LogP contribution is 1.90. The van der Waals surface area contributed by atoms with Gasteiger partial charge in [0.25, 0.3) is 11.4 Å². The Balaban J connectivity index is 4.18. The molecule has 1 aromatic rings. The molecule has 0 amide bonds. The molecule has 0 bridgehead atoms. The topological polar surface area (TPSA) is 90.4 Å². The Bertz CT molecular complexity index is 721. The minimum Gasteiger partial charge on any atom is -0.286 e. The zero-order chi connectivity index (χ0) is 12.3. The van der Waals surface area contributed by atoms with E-state index in [9.17, 15) is 9.59 Å². The van der Waals surface area contributed by atoms with Crippen LogP contribution in [0.1, 0.15) is 0 Å². The van der Waals surface area contributed by atoms with Crippen molar-refractivity contribution in [1.82, 2.24) is 0 Å². The van der Waals surface area contributed by atoms with Crippen LogP contribution in [0.4, 0.5) is 0 Å². The molecule has 0 N–H and O–H groups in total. The van der Waals surface area contributed by atoms with Gasteiger partial charge in [-0.1, -0.05) is 0 Å². The summed E-state index contributed by atoms with van der Waals surface area (Å²) in [5.74, 6) is 0. The van der Waals surface area contributed by atoms with Gasteiger partial charge in [-0.15, -0.1) is 0 Å². The van der Waals surface area contributed by atoms with E-state index in [2.05, 4.69) is 9.69 Å². The van der Waals surface area contributed by atoms with Gasteiger partial charge in [0.15, 0.2) is 0 Å². The molecule has 72 valence electrons. The first kappa shape index (κ1) is 10.9. The maximum absolute atomic E-state index is 11.1. The molecule has 0 saturated heterocycles. The van der Waals surface area contributed by atoms with E-state index < -0.39 is 32.7 Å². The predicted octanol–water partition coefficient (Wildman–Crippen LogP) is -1.62. The standard InChI is InChI=1S/C10N4O2/c1-13-5(3-11)7-8(6(4-12)14-2)10(16)9(7)15/b7-5-,8-6+. The number of nitriles is 2.